The quantitative estimate of drug-likeness (QED) is 0.235. The van der Waals surface area contributed by atoms with E-state index in [9.17, 15) is 37.1 Å². The summed E-state index contributed by atoms with van der Waals surface area (Å²) in [6.45, 7) is 7.34. The molecule has 4 aliphatic rings. The zero-order valence-corrected chi connectivity index (χ0v) is 27.9. The summed E-state index contributed by atoms with van der Waals surface area (Å²) in [6.07, 6.45) is 1.03. The number of rotatable bonds is 11. The van der Waals surface area contributed by atoms with Crippen LogP contribution in [0.2, 0.25) is 0 Å². The van der Waals surface area contributed by atoms with Crippen molar-refractivity contribution in [3.63, 3.8) is 0 Å². The lowest BCUT2D eigenvalue weighted by Gasteiger charge is -2.35. The van der Waals surface area contributed by atoms with Crippen LogP contribution in [-0.2, 0) is 33.5 Å². The number of benzene rings is 1. The van der Waals surface area contributed by atoms with E-state index in [-0.39, 0.29) is 49.7 Å². The number of nitrogens with zero attached hydrogens (tertiary/aromatic N) is 2. The molecule has 5 atom stereocenters. The summed E-state index contributed by atoms with van der Waals surface area (Å²) in [5, 5.41) is 11.9. The first-order valence-corrected chi connectivity index (χ1v) is 16.5. The molecule has 1 aliphatic carbocycles. The molecular formula is C33H42F3N5O8. The Kier molecular flexibility index (Phi) is 10.6. The van der Waals surface area contributed by atoms with E-state index in [0.29, 0.717) is 19.4 Å². The first kappa shape index (κ1) is 36.1. The molecule has 13 nitrogen and oxygen atoms in total. The van der Waals surface area contributed by atoms with Gasteiger partial charge < -0.3 is 35.2 Å². The molecule has 1 aromatic rings. The molecule has 0 radical (unpaired) electrons. The number of carbonyl (C=O) groups excluding carboxylic acids is 5. The van der Waals surface area contributed by atoms with E-state index in [1.165, 1.54) is 4.90 Å². The van der Waals surface area contributed by atoms with Crippen molar-refractivity contribution in [3.05, 3.63) is 35.1 Å². The summed E-state index contributed by atoms with van der Waals surface area (Å²) in [5.74, 6) is -7.53. The third-order valence-electron chi connectivity index (χ3n) is 9.03. The summed E-state index contributed by atoms with van der Waals surface area (Å²) < 4.78 is 52.5. The van der Waals surface area contributed by atoms with E-state index in [0.717, 1.165) is 25.0 Å². The molecule has 4 amide bonds. The number of oxime groups is 1. The van der Waals surface area contributed by atoms with Crippen LogP contribution in [0.1, 0.15) is 78.2 Å². The van der Waals surface area contributed by atoms with Crippen molar-refractivity contribution < 1.29 is 51.5 Å². The highest BCUT2D eigenvalue weighted by Gasteiger charge is 2.56. The highest BCUT2D eigenvalue weighted by Crippen LogP contribution is 2.40. The zero-order chi connectivity index (χ0) is 35.7. The number of Topliss-reactive ketones (excluding diaryl/α,β-unsaturated/α-hetero) is 1. The second kappa shape index (κ2) is 14.3. The van der Waals surface area contributed by atoms with Crippen molar-refractivity contribution in [1.29, 1.82) is 0 Å². The third kappa shape index (κ3) is 8.33. The van der Waals surface area contributed by atoms with Crippen LogP contribution < -0.4 is 16.0 Å². The van der Waals surface area contributed by atoms with E-state index in [2.05, 4.69) is 21.1 Å². The fourth-order valence-electron chi connectivity index (χ4n) is 6.20. The summed E-state index contributed by atoms with van der Waals surface area (Å²) in [5.41, 5.74) is -2.26. The van der Waals surface area contributed by atoms with Gasteiger partial charge in [-0.2, -0.15) is 0 Å². The molecule has 5 rings (SSSR count). The number of halogens is 3. The van der Waals surface area contributed by atoms with Crippen LogP contribution in [0, 0.1) is 22.9 Å². The largest absolute Gasteiger partial charge is 0.444 e. The molecule has 2 saturated heterocycles. The monoisotopic (exact) mass is 693 g/mol. The SMILES string of the molecule is CCC[C@H](NC(=O)[C@@H]1C[C@@]2(CC(c3cc(F)c(F)c(F)c3)=NO2)CN1C(=O)[C@@H](NC(=O)O[C@H]1CCOC1)C(C)(C)C)C(=O)C(=O)NC1CC1. The molecule has 1 saturated carbocycles. The smallest absolute Gasteiger partial charge is 0.408 e. The normalized spacial score (nSPS) is 24.6. The van der Waals surface area contributed by atoms with Gasteiger partial charge >= 0.3 is 6.09 Å². The second-order valence-corrected chi connectivity index (χ2v) is 14.2. The van der Waals surface area contributed by atoms with Gasteiger partial charge in [0.2, 0.25) is 17.6 Å². The third-order valence-corrected chi connectivity index (χ3v) is 9.03. The second-order valence-electron chi connectivity index (χ2n) is 14.2. The molecule has 0 bridgehead atoms. The molecule has 3 heterocycles. The van der Waals surface area contributed by atoms with Gasteiger partial charge in [0.15, 0.2) is 23.1 Å². The Morgan fingerprint density at radius 2 is 1.78 bits per heavy atom. The van der Waals surface area contributed by atoms with E-state index in [1.807, 2.05) is 0 Å². The van der Waals surface area contributed by atoms with E-state index in [4.69, 9.17) is 14.3 Å². The number of alkyl carbamates (subject to hydrolysis) is 1. The lowest BCUT2D eigenvalue weighted by Crippen LogP contribution is -2.59. The Bertz CT molecular complexity index is 1500. The number of amides is 4. The molecule has 1 aromatic carbocycles. The van der Waals surface area contributed by atoms with Gasteiger partial charge in [-0.05, 0) is 36.8 Å². The highest BCUT2D eigenvalue weighted by molar-refractivity contribution is 6.38. The number of ketones is 1. The van der Waals surface area contributed by atoms with E-state index >= 15 is 0 Å². The lowest BCUT2D eigenvalue weighted by atomic mass is 9.85. The van der Waals surface area contributed by atoms with Crippen molar-refractivity contribution in [2.45, 2.75) is 109 Å². The Labute approximate surface area is 281 Å². The standard InChI is InChI=1S/C33H42F3N5O8/c1-5-6-22(26(42)29(44)37-18-7-8-18)38-28(43)24-14-33(13-23(40-49-33)17-11-20(34)25(36)21(35)12-17)16-41(24)30(45)27(32(2,3)4)39-31(46)48-19-9-10-47-15-19/h11-12,18-19,22,24,27H,5-10,13-16H2,1-4H3,(H,37,44)(H,38,43)(H,39,46)/t19-,22-,24-,27+,33-/m0/s1. The molecular weight excluding hydrogens is 651 g/mol. The van der Waals surface area contributed by atoms with Gasteiger partial charge in [-0.15, -0.1) is 0 Å². The number of nitrogens with one attached hydrogen (secondary N) is 3. The fourth-order valence-corrected chi connectivity index (χ4v) is 6.20. The number of likely N-dealkylation sites (tertiary alicyclic amines) is 1. The van der Waals surface area contributed by atoms with Crippen molar-refractivity contribution in [1.82, 2.24) is 20.9 Å². The first-order chi connectivity index (χ1) is 23.1. The van der Waals surface area contributed by atoms with Gasteiger partial charge in [0.05, 0.1) is 31.5 Å². The summed E-state index contributed by atoms with van der Waals surface area (Å²) in [4.78, 5) is 74.0. The average molecular weight is 694 g/mol. The van der Waals surface area contributed by atoms with Gasteiger partial charge in [0.1, 0.15) is 18.2 Å². The van der Waals surface area contributed by atoms with Crippen LogP contribution in [0.5, 0.6) is 0 Å². The van der Waals surface area contributed by atoms with Gasteiger partial charge in [-0.25, -0.2) is 18.0 Å². The van der Waals surface area contributed by atoms with Gasteiger partial charge in [-0.1, -0.05) is 39.3 Å². The number of hydrogen-bond donors (Lipinski definition) is 3. The molecule has 3 N–H and O–H groups in total. The number of carbonyl (C=O) groups is 5. The predicted molar refractivity (Wildman–Crippen MR) is 166 cm³/mol. The van der Waals surface area contributed by atoms with Gasteiger partial charge in [0, 0.05) is 30.9 Å². The molecule has 268 valence electrons. The Morgan fingerprint density at radius 3 is 2.37 bits per heavy atom. The van der Waals surface area contributed by atoms with E-state index < -0.39 is 82.3 Å². The molecule has 0 unspecified atom stereocenters. The molecule has 3 aliphatic heterocycles. The van der Waals surface area contributed by atoms with Crippen LogP contribution in [0.15, 0.2) is 17.3 Å². The molecule has 16 heteroatoms. The summed E-state index contributed by atoms with van der Waals surface area (Å²) >= 11 is 0. The Balaban J connectivity index is 1.40. The maximum Gasteiger partial charge on any atom is 0.408 e. The minimum absolute atomic E-state index is 0.0647. The van der Waals surface area contributed by atoms with Crippen molar-refractivity contribution >= 4 is 35.3 Å². The summed E-state index contributed by atoms with van der Waals surface area (Å²) in [6, 6.07) is -2.18. The Morgan fingerprint density at radius 1 is 1.08 bits per heavy atom. The number of ether oxygens (including phenoxy) is 2. The predicted octanol–water partition coefficient (Wildman–Crippen LogP) is 2.63. The van der Waals surface area contributed by atoms with Crippen LogP contribution in [0.4, 0.5) is 18.0 Å². The van der Waals surface area contributed by atoms with Crippen LogP contribution in [0.3, 0.4) is 0 Å². The van der Waals surface area contributed by atoms with Gasteiger partial charge in [0.25, 0.3) is 5.91 Å². The minimum atomic E-state index is -1.64. The first-order valence-electron chi connectivity index (χ1n) is 16.5. The average Bonchev–Trinajstić information content (AvgIpc) is 3.38. The van der Waals surface area contributed by atoms with Crippen LogP contribution in [0.25, 0.3) is 0 Å². The molecule has 1 spiro atoms. The zero-order valence-electron chi connectivity index (χ0n) is 27.9. The fraction of sp³-hybridized carbons (Fsp3) is 0.636. The van der Waals surface area contributed by atoms with E-state index in [1.54, 1.807) is 27.7 Å². The van der Waals surface area contributed by atoms with Crippen molar-refractivity contribution in [2.24, 2.45) is 10.6 Å². The van der Waals surface area contributed by atoms with Crippen molar-refractivity contribution in [2.75, 3.05) is 19.8 Å². The number of hydrogen-bond acceptors (Lipinski definition) is 9. The van der Waals surface area contributed by atoms with Crippen LogP contribution in [-0.4, -0.2) is 95.8 Å². The minimum Gasteiger partial charge on any atom is -0.444 e. The molecule has 0 aromatic heterocycles. The topological polar surface area (TPSA) is 165 Å². The lowest BCUT2D eigenvalue weighted by molar-refractivity contribution is -0.144. The highest BCUT2D eigenvalue weighted by atomic mass is 19.2. The molecule has 3 fully saturated rings. The maximum atomic E-state index is 14.4. The molecule has 49 heavy (non-hydrogen) atoms. The maximum absolute atomic E-state index is 14.4. The van der Waals surface area contributed by atoms with Crippen molar-refractivity contribution in [3.8, 4) is 0 Å². The Hall–Kier alpha value is -4.21. The van der Waals surface area contributed by atoms with Crippen LogP contribution >= 0.6 is 0 Å². The van der Waals surface area contributed by atoms with Gasteiger partial charge in [-0.3, -0.25) is 19.2 Å². The summed E-state index contributed by atoms with van der Waals surface area (Å²) in [7, 11) is 0.